The predicted octanol–water partition coefficient (Wildman–Crippen LogP) is 0.200. The summed E-state index contributed by atoms with van der Waals surface area (Å²) in [6.07, 6.45) is 4.15. The molecule has 0 spiro atoms. The van der Waals surface area contributed by atoms with Crippen molar-refractivity contribution in [3.8, 4) is 0 Å². The van der Waals surface area contributed by atoms with E-state index in [0.29, 0.717) is 0 Å². The highest BCUT2D eigenvalue weighted by atomic mass is 16.5. The zero-order valence-electron chi connectivity index (χ0n) is 9.64. The first kappa shape index (κ1) is 14.1. The molecule has 0 fully saturated rings. The SMILES string of the molecule is COCCn1cc[n+](CCOC)c1C.[OH-]. The van der Waals surface area contributed by atoms with Crippen LogP contribution >= 0.6 is 0 Å². The monoisotopic (exact) mass is 216 g/mol. The lowest BCUT2D eigenvalue weighted by atomic mass is 10.5. The molecule has 5 heteroatoms. The Morgan fingerprint density at radius 3 is 2.53 bits per heavy atom. The second-order valence-electron chi connectivity index (χ2n) is 3.22. The number of imidazole rings is 1. The highest BCUT2D eigenvalue weighted by molar-refractivity contribution is 4.79. The predicted molar refractivity (Wildman–Crippen MR) is 55.1 cm³/mol. The number of ether oxygens (including phenoxy) is 2. The van der Waals surface area contributed by atoms with Crippen molar-refractivity contribution < 1.29 is 19.5 Å². The van der Waals surface area contributed by atoms with E-state index in [9.17, 15) is 0 Å². The van der Waals surface area contributed by atoms with Crippen molar-refractivity contribution in [3.05, 3.63) is 18.2 Å². The van der Waals surface area contributed by atoms with Gasteiger partial charge in [-0.1, -0.05) is 0 Å². The first-order chi connectivity index (χ1) is 6.79. The summed E-state index contributed by atoms with van der Waals surface area (Å²) in [6.45, 7) is 5.41. The van der Waals surface area contributed by atoms with Crippen LogP contribution in [0.5, 0.6) is 0 Å². The van der Waals surface area contributed by atoms with Gasteiger partial charge in [0, 0.05) is 21.1 Å². The molecule has 0 aliphatic rings. The van der Waals surface area contributed by atoms with E-state index in [1.165, 1.54) is 5.82 Å². The molecule has 1 aromatic rings. The molecule has 1 N–H and O–H groups in total. The van der Waals surface area contributed by atoms with Gasteiger partial charge in [-0.25, -0.2) is 9.13 Å². The van der Waals surface area contributed by atoms with E-state index in [2.05, 4.69) is 28.5 Å². The fourth-order valence-corrected chi connectivity index (χ4v) is 1.39. The minimum absolute atomic E-state index is 0. The number of hydrogen-bond donors (Lipinski definition) is 0. The van der Waals surface area contributed by atoms with Gasteiger partial charge in [-0.15, -0.1) is 0 Å². The molecule has 0 saturated carbocycles. The van der Waals surface area contributed by atoms with Gasteiger partial charge in [-0.2, -0.15) is 0 Å². The summed E-state index contributed by atoms with van der Waals surface area (Å²) in [6, 6.07) is 0. The van der Waals surface area contributed by atoms with Crippen molar-refractivity contribution in [1.82, 2.24) is 4.57 Å². The lowest BCUT2D eigenvalue weighted by Gasteiger charge is -2.00. The Kier molecular flexibility index (Phi) is 6.94. The molecule has 0 aromatic carbocycles. The molecule has 0 atom stereocenters. The van der Waals surface area contributed by atoms with Gasteiger partial charge in [0.2, 0.25) is 0 Å². The molecule has 0 aliphatic carbocycles. The van der Waals surface area contributed by atoms with Crippen molar-refractivity contribution in [3.63, 3.8) is 0 Å². The second kappa shape index (κ2) is 7.39. The largest absolute Gasteiger partial charge is 0.870 e. The zero-order valence-corrected chi connectivity index (χ0v) is 9.64. The summed E-state index contributed by atoms with van der Waals surface area (Å²) in [5, 5.41) is 0. The molecular weight excluding hydrogens is 196 g/mol. The van der Waals surface area contributed by atoms with E-state index in [-0.39, 0.29) is 5.48 Å². The Morgan fingerprint density at radius 2 is 1.93 bits per heavy atom. The number of hydrogen-bond acceptors (Lipinski definition) is 3. The molecule has 1 rings (SSSR count). The van der Waals surface area contributed by atoms with Crippen LogP contribution in [0.25, 0.3) is 0 Å². The molecule has 5 nitrogen and oxygen atoms in total. The lowest BCUT2D eigenvalue weighted by Crippen LogP contribution is -2.37. The van der Waals surface area contributed by atoms with E-state index >= 15 is 0 Å². The molecule has 0 unspecified atom stereocenters. The summed E-state index contributed by atoms with van der Waals surface area (Å²) >= 11 is 0. The standard InChI is InChI=1S/C10H19N2O2.H2O/c1-10-11(6-8-13-2)4-5-12(10)7-9-14-3;/h4-5H,6-9H2,1-3H3;1H2/q+1;/p-1. The number of aromatic nitrogens is 2. The molecule has 1 heterocycles. The van der Waals surface area contributed by atoms with Crippen molar-refractivity contribution in [2.24, 2.45) is 0 Å². The van der Waals surface area contributed by atoms with Gasteiger partial charge >= 0.3 is 0 Å². The summed E-state index contributed by atoms with van der Waals surface area (Å²) in [5.74, 6) is 1.24. The topological polar surface area (TPSA) is 57.3 Å². The Balaban J connectivity index is 0.00000196. The maximum atomic E-state index is 5.04. The minimum Gasteiger partial charge on any atom is -0.870 e. The molecule has 1 aromatic heterocycles. The average molecular weight is 216 g/mol. The normalized spacial score (nSPS) is 10.1. The highest BCUT2D eigenvalue weighted by Crippen LogP contribution is 1.93. The van der Waals surface area contributed by atoms with Crippen LogP contribution in [0.2, 0.25) is 0 Å². The third-order valence-corrected chi connectivity index (χ3v) is 2.33. The summed E-state index contributed by atoms with van der Waals surface area (Å²) < 4.78 is 14.4. The van der Waals surface area contributed by atoms with Crippen LogP contribution in [0, 0.1) is 6.92 Å². The Labute approximate surface area is 90.5 Å². The van der Waals surface area contributed by atoms with E-state index in [1.54, 1.807) is 14.2 Å². The minimum atomic E-state index is 0. The summed E-state index contributed by atoms with van der Waals surface area (Å²) in [5.41, 5.74) is 0. The van der Waals surface area contributed by atoms with E-state index in [0.717, 1.165) is 26.3 Å². The smallest absolute Gasteiger partial charge is 0.253 e. The highest BCUT2D eigenvalue weighted by Gasteiger charge is 2.10. The van der Waals surface area contributed by atoms with Gasteiger partial charge in [0.05, 0.1) is 13.2 Å². The molecule has 15 heavy (non-hydrogen) atoms. The first-order valence-electron chi connectivity index (χ1n) is 4.82. The van der Waals surface area contributed by atoms with Gasteiger partial charge in [-0.3, -0.25) is 0 Å². The van der Waals surface area contributed by atoms with Crippen LogP contribution in [-0.2, 0) is 22.6 Å². The third-order valence-electron chi connectivity index (χ3n) is 2.33. The fraction of sp³-hybridized carbons (Fsp3) is 0.700. The van der Waals surface area contributed by atoms with E-state index in [1.807, 2.05) is 0 Å². The zero-order chi connectivity index (χ0) is 10.4. The molecule has 0 saturated heterocycles. The Hall–Kier alpha value is -0.910. The van der Waals surface area contributed by atoms with Crippen LogP contribution in [0.3, 0.4) is 0 Å². The van der Waals surface area contributed by atoms with Gasteiger partial charge in [0.1, 0.15) is 25.5 Å². The lowest BCUT2D eigenvalue weighted by molar-refractivity contribution is -0.703. The van der Waals surface area contributed by atoms with Crippen molar-refractivity contribution in [1.29, 1.82) is 0 Å². The maximum absolute atomic E-state index is 5.04. The summed E-state index contributed by atoms with van der Waals surface area (Å²) in [4.78, 5) is 0. The van der Waals surface area contributed by atoms with E-state index < -0.39 is 0 Å². The van der Waals surface area contributed by atoms with Gasteiger partial charge in [0.25, 0.3) is 5.82 Å². The molecular formula is C10H20N2O3. The van der Waals surface area contributed by atoms with Gasteiger partial charge in [0.15, 0.2) is 0 Å². The fourth-order valence-electron chi connectivity index (χ4n) is 1.39. The van der Waals surface area contributed by atoms with Crippen molar-refractivity contribution in [2.45, 2.75) is 20.0 Å². The maximum Gasteiger partial charge on any atom is 0.253 e. The number of methoxy groups -OCH3 is 2. The molecule has 0 amide bonds. The average Bonchev–Trinajstić information content (AvgIpc) is 2.54. The number of nitrogens with zero attached hydrogens (tertiary/aromatic N) is 2. The molecule has 88 valence electrons. The van der Waals surface area contributed by atoms with E-state index in [4.69, 9.17) is 9.47 Å². The van der Waals surface area contributed by atoms with Crippen LogP contribution in [0.1, 0.15) is 5.82 Å². The number of rotatable bonds is 6. The van der Waals surface area contributed by atoms with Gasteiger partial charge < -0.3 is 14.9 Å². The van der Waals surface area contributed by atoms with Crippen molar-refractivity contribution in [2.75, 3.05) is 27.4 Å². The Bertz CT molecular complexity index is 248. The quantitative estimate of drug-likeness (QED) is 0.638. The summed E-state index contributed by atoms with van der Waals surface area (Å²) in [7, 11) is 3.44. The molecule has 0 bridgehead atoms. The van der Waals surface area contributed by atoms with Gasteiger partial charge in [-0.05, 0) is 0 Å². The van der Waals surface area contributed by atoms with Crippen LogP contribution < -0.4 is 4.57 Å². The second-order valence-corrected chi connectivity index (χ2v) is 3.22. The van der Waals surface area contributed by atoms with Crippen LogP contribution in [0.15, 0.2) is 12.4 Å². The van der Waals surface area contributed by atoms with Crippen LogP contribution in [0.4, 0.5) is 0 Å². The molecule has 0 aliphatic heterocycles. The Morgan fingerprint density at radius 1 is 1.27 bits per heavy atom. The first-order valence-corrected chi connectivity index (χ1v) is 4.82. The molecule has 0 radical (unpaired) electrons. The van der Waals surface area contributed by atoms with Crippen LogP contribution in [-0.4, -0.2) is 37.5 Å². The third kappa shape index (κ3) is 3.99. The van der Waals surface area contributed by atoms with Crippen molar-refractivity contribution >= 4 is 0 Å².